The Morgan fingerprint density at radius 2 is 2.12 bits per heavy atom. The van der Waals surface area contributed by atoms with Crippen molar-refractivity contribution in [2.75, 3.05) is 13.2 Å². The quantitative estimate of drug-likeness (QED) is 0.898. The van der Waals surface area contributed by atoms with E-state index in [9.17, 15) is 4.79 Å². The number of halogens is 1. The first-order chi connectivity index (χ1) is 8.15. The normalized spacial score (nSPS) is 29.5. The number of hydrogen-bond donors (Lipinski definition) is 1. The lowest BCUT2D eigenvalue weighted by atomic mass is 9.73. The van der Waals surface area contributed by atoms with Crippen LogP contribution in [0.15, 0.2) is 24.3 Å². The fraction of sp³-hybridized carbons (Fsp3) is 0.462. The van der Waals surface area contributed by atoms with Crippen LogP contribution in [0.3, 0.4) is 0 Å². The third-order valence-corrected chi connectivity index (χ3v) is 4.28. The second-order valence-electron chi connectivity index (χ2n) is 4.92. The van der Waals surface area contributed by atoms with Crippen LogP contribution >= 0.6 is 11.6 Å². The van der Waals surface area contributed by atoms with Gasteiger partial charge in [-0.3, -0.25) is 4.79 Å². The van der Waals surface area contributed by atoms with Gasteiger partial charge in [0.1, 0.15) is 0 Å². The molecule has 1 aliphatic heterocycles. The van der Waals surface area contributed by atoms with Crippen molar-refractivity contribution in [3.8, 4) is 0 Å². The molecule has 1 aliphatic carbocycles. The maximum Gasteiger partial charge on any atom is 0.306 e. The van der Waals surface area contributed by atoms with Gasteiger partial charge in [-0.15, -0.1) is 0 Å². The van der Waals surface area contributed by atoms with Crippen molar-refractivity contribution < 1.29 is 14.6 Å². The molecular formula is C13H13ClO3. The number of carboxylic acid groups (broad SMARTS) is 1. The number of rotatable bonds is 3. The highest BCUT2D eigenvalue weighted by Crippen LogP contribution is 2.56. The minimum Gasteiger partial charge on any atom is -0.481 e. The van der Waals surface area contributed by atoms with Crippen molar-refractivity contribution in [3.05, 3.63) is 34.9 Å². The van der Waals surface area contributed by atoms with E-state index in [0.29, 0.717) is 18.2 Å². The first kappa shape index (κ1) is 11.1. The van der Waals surface area contributed by atoms with Gasteiger partial charge in [0.2, 0.25) is 0 Å². The third-order valence-electron chi connectivity index (χ3n) is 3.95. The SMILES string of the molecule is O=C(O)C1CC1C1(c2ccccc2Cl)COC1. The van der Waals surface area contributed by atoms with Crippen molar-refractivity contribution in [2.45, 2.75) is 11.8 Å². The molecule has 1 saturated heterocycles. The molecule has 1 N–H and O–H groups in total. The smallest absolute Gasteiger partial charge is 0.306 e. The summed E-state index contributed by atoms with van der Waals surface area (Å²) in [6.07, 6.45) is 0.740. The zero-order valence-corrected chi connectivity index (χ0v) is 9.98. The molecule has 0 spiro atoms. The van der Waals surface area contributed by atoms with Crippen LogP contribution in [0.25, 0.3) is 0 Å². The molecule has 0 aromatic heterocycles. The molecule has 1 aromatic carbocycles. The van der Waals surface area contributed by atoms with Gasteiger partial charge in [-0.2, -0.15) is 0 Å². The summed E-state index contributed by atoms with van der Waals surface area (Å²) in [5, 5.41) is 9.76. The molecule has 1 heterocycles. The van der Waals surface area contributed by atoms with Crippen LogP contribution in [0, 0.1) is 11.8 Å². The molecule has 1 saturated carbocycles. The fourth-order valence-corrected chi connectivity index (χ4v) is 3.16. The predicted octanol–water partition coefficient (Wildman–Crippen LogP) is 2.33. The molecule has 1 aromatic rings. The van der Waals surface area contributed by atoms with Crippen molar-refractivity contribution in [1.29, 1.82) is 0 Å². The largest absolute Gasteiger partial charge is 0.481 e. The van der Waals surface area contributed by atoms with Gasteiger partial charge in [0.25, 0.3) is 0 Å². The van der Waals surface area contributed by atoms with Crippen molar-refractivity contribution >= 4 is 17.6 Å². The lowest BCUT2D eigenvalue weighted by Gasteiger charge is -2.43. The molecule has 4 heteroatoms. The number of ether oxygens (including phenoxy) is 1. The van der Waals surface area contributed by atoms with E-state index < -0.39 is 5.97 Å². The summed E-state index contributed by atoms with van der Waals surface area (Å²) in [4.78, 5) is 11.0. The number of aliphatic carboxylic acids is 1. The fourth-order valence-electron chi connectivity index (χ4n) is 2.83. The Balaban J connectivity index is 1.94. The van der Waals surface area contributed by atoms with E-state index >= 15 is 0 Å². The highest BCUT2D eigenvalue weighted by atomic mass is 35.5. The van der Waals surface area contributed by atoms with Crippen molar-refractivity contribution in [2.24, 2.45) is 11.8 Å². The molecule has 2 fully saturated rings. The van der Waals surface area contributed by atoms with Crippen LogP contribution < -0.4 is 0 Å². The van der Waals surface area contributed by atoms with Crippen LogP contribution in [0.1, 0.15) is 12.0 Å². The lowest BCUT2D eigenvalue weighted by molar-refractivity contribution is -0.140. The van der Waals surface area contributed by atoms with Crippen LogP contribution in [-0.2, 0) is 14.9 Å². The topological polar surface area (TPSA) is 46.5 Å². The molecule has 3 rings (SSSR count). The van der Waals surface area contributed by atoms with Crippen molar-refractivity contribution in [3.63, 3.8) is 0 Å². The number of benzene rings is 1. The summed E-state index contributed by atoms with van der Waals surface area (Å²) < 4.78 is 5.33. The second-order valence-corrected chi connectivity index (χ2v) is 5.32. The number of carbonyl (C=O) groups is 1. The molecule has 0 bridgehead atoms. The van der Waals surface area contributed by atoms with Gasteiger partial charge in [-0.05, 0) is 24.0 Å². The van der Waals surface area contributed by atoms with E-state index in [1.807, 2.05) is 24.3 Å². The van der Waals surface area contributed by atoms with Gasteiger partial charge in [0.05, 0.1) is 19.1 Å². The molecule has 3 nitrogen and oxygen atoms in total. The van der Waals surface area contributed by atoms with E-state index in [0.717, 1.165) is 12.0 Å². The van der Waals surface area contributed by atoms with Gasteiger partial charge in [-0.1, -0.05) is 29.8 Å². The summed E-state index contributed by atoms with van der Waals surface area (Å²) in [5.41, 5.74) is 0.878. The Morgan fingerprint density at radius 3 is 2.59 bits per heavy atom. The van der Waals surface area contributed by atoms with Gasteiger partial charge in [-0.25, -0.2) is 0 Å². The third kappa shape index (κ3) is 1.57. The van der Waals surface area contributed by atoms with Crippen molar-refractivity contribution in [1.82, 2.24) is 0 Å². The first-order valence-electron chi connectivity index (χ1n) is 5.71. The van der Waals surface area contributed by atoms with E-state index in [-0.39, 0.29) is 17.3 Å². The van der Waals surface area contributed by atoms with Gasteiger partial charge < -0.3 is 9.84 Å². The summed E-state index contributed by atoms with van der Waals surface area (Å²) in [5.74, 6) is -0.753. The van der Waals surface area contributed by atoms with Crippen LogP contribution in [0.4, 0.5) is 0 Å². The first-order valence-corrected chi connectivity index (χ1v) is 6.08. The Kier molecular flexibility index (Phi) is 2.42. The summed E-state index contributed by atoms with van der Waals surface area (Å²) in [6.45, 7) is 1.18. The zero-order chi connectivity index (χ0) is 12.0. The summed E-state index contributed by atoms with van der Waals surface area (Å²) >= 11 is 6.22. The number of hydrogen-bond acceptors (Lipinski definition) is 2. The van der Waals surface area contributed by atoms with Gasteiger partial charge >= 0.3 is 5.97 Å². The summed E-state index contributed by atoms with van der Waals surface area (Å²) in [6, 6.07) is 7.68. The molecule has 2 atom stereocenters. The molecular weight excluding hydrogens is 240 g/mol. The van der Waals surface area contributed by atoms with E-state index in [1.54, 1.807) is 0 Å². The minimum absolute atomic E-state index is 0.165. The van der Waals surface area contributed by atoms with Crippen LogP contribution in [0.5, 0.6) is 0 Å². The Hall–Kier alpha value is -1.06. The van der Waals surface area contributed by atoms with E-state index in [4.69, 9.17) is 21.4 Å². The standard InChI is InChI=1S/C13H13ClO3/c14-11-4-2-1-3-9(11)13(6-17-7-13)10-5-8(10)12(15)16/h1-4,8,10H,5-7H2,(H,15,16). The molecule has 90 valence electrons. The molecule has 0 radical (unpaired) electrons. The molecule has 0 amide bonds. The van der Waals surface area contributed by atoms with Gasteiger partial charge in [0, 0.05) is 10.4 Å². The molecule has 2 aliphatic rings. The monoisotopic (exact) mass is 252 g/mol. The summed E-state index contributed by atoms with van der Waals surface area (Å²) in [7, 11) is 0. The molecule has 17 heavy (non-hydrogen) atoms. The highest BCUT2D eigenvalue weighted by Gasteiger charge is 2.60. The molecule has 2 unspecified atom stereocenters. The average molecular weight is 253 g/mol. The van der Waals surface area contributed by atoms with Crippen LogP contribution in [-0.4, -0.2) is 24.3 Å². The maximum atomic E-state index is 11.0. The van der Waals surface area contributed by atoms with Crippen LogP contribution in [0.2, 0.25) is 5.02 Å². The highest BCUT2D eigenvalue weighted by molar-refractivity contribution is 6.31. The van der Waals surface area contributed by atoms with Gasteiger partial charge in [0.15, 0.2) is 0 Å². The Labute approximate surface area is 104 Å². The second kappa shape index (κ2) is 3.72. The van der Waals surface area contributed by atoms with E-state index in [1.165, 1.54) is 0 Å². The van der Waals surface area contributed by atoms with E-state index in [2.05, 4.69) is 0 Å². The Morgan fingerprint density at radius 1 is 1.41 bits per heavy atom. The lowest BCUT2D eigenvalue weighted by Crippen LogP contribution is -2.49. The zero-order valence-electron chi connectivity index (χ0n) is 9.23. The maximum absolute atomic E-state index is 11.0. The Bertz CT molecular complexity index is 467. The average Bonchev–Trinajstić information content (AvgIpc) is 2.99. The number of carboxylic acids is 1. The minimum atomic E-state index is -0.701. The predicted molar refractivity (Wildman–Crippen MR) is 63.2 cm³/mol.